The molecule has 1 atom stereocenters. The van der Waals surface area contributed by atoms with E-state index in [1.807, 2.05) is 60.7 Å². The summed E-state index contributed by atoms with van der Waals surface area (Å²) in [6, 6.07) is 16.9. The standard InChI is InChI=1S/C22H20N4O2/c1-15(27)26-12-10-16-5-2-3-8-19(16)21(26)14-22(28)24-18-7-4-6-17(13-18)20-9-11-23-25-20/h2-13,21H,14H2,1H3,(H,23,25)(H,24,28)/t21-/m0/s1. The lowest BCUT2D eigenvalue weighted by Crippen LogP contribution is -2.33. The molecule has 6 heteroatoms. The number of rotatable bonds is 4. The van der Waals surface area contributed by atoms with E-state index in [9.17, 15) is 9.59 Å². The molecule has 0 bridgehead atoms. The number of benzene rings is 2. The number of aromatic amines is 1. The Labute approximate surface area is 162 Å². The largest absolute Gasteiger partial charge is 0.326 e. The maximum absolute atomic E-state index is 12.8. The quantitative estimate of drug-likeness (QED) is 0.727. The van der Waals surface area contributed by atoms with Gasteiger partial charge in [-0.2, -0.15) is 5.10 Å². The number of hydrogen-bond acceptors (Lipinski definition) is 3. The van der Waals surface area contributed by atoms with Crippen LogP contribution >= 0.6 is 0 Å². The number of nitrogens with zero attached hydrogens (tertiary/aromatic N) is 2. The Balaban J connectivity index is 1.53. The van der Waals surface area contributed by atoms with Gasteiger partial charge in [-0.25, -0.2) is 0 Å². The Morgan fingerprint density at radius 2 is 2.00 bits per heavy atom. The SMILES string of the molecule is CC(=O)N1C=Cc2ccccc2[C@@H]1CC(=O)Nc1cccc(-c2ccn[nH]2)c1. The summed E-state index contributed by atoms with van der Waals surface area (Å²) in [4.78, 5) is 26.4. The highest BCUT2D eigenvalue weighted by Gasteiger charge is 2.28. The van der Waals surface area contributed by atoms with Crippen molar-refractivity contribution in [3.63, 3.8) is 0 Å². The van der Waals surface area contributed by atoms with Gasteiger partial charge in [-0.3, -0.25) is 14.7 Å². The average molecular weight is 372 g/mol. The third kappa shape index (κ3) is 3.57. The van der Waals surface area contributed by atoms with Crippen LogP contribution in [0.15, 0.2) is 67.0 Å². The fourth-order valence-corrected chi connectivity index (χ4v) is 3.48. The number of nitrogens with one attached hydrogen (secondary N) is 2. The van der Waals surface area contributed by atoms with E-state index in [0.29, 0.717) is 5.69 Å². The zero-order valence-electron chi connectivity index (χ0n) is 15.4. The highest BCUT2D eigenvalue weighted by molar-refractivity contribution is 5.92. The van der Waals surface area contributed by atoms with Gasteiger partial charge < -0.3 is 10.2 Å². The van der Waals surface area contributed by atoms with Crippen molar-refractivity contribution >= 4 is 23.6 Å². The molecule has 0 unspecified atom stereocenters. The molecular weight excluding hydrogens is 352 g/mol. The predicted octanol–water partition coefficient (Wildman–Crippen LogP) is 3.98. The third-order valence-electron chi connectivity index (χ3n) is 4.81. The monoisotopic (exact) mass is 372 g/mol. The minimum absolute atomic E-state index is 0.0928. The summed E-state index contributed by atoms with van der Waals surface area (Å²) in [5.74, 6) is -0.243. The molecule has 2 amide bonds. The van der Waals surface area contributed by atoms with Crippen molar-refractivity contribution in [3.8, 4) is 11.3 Å². The van der Waals surface area contributed by atoms with E-state index in [2.05, 4.69) is 15.5 Å². The molecule has 0 saturated heterocycles. The van der Waals surface area contributed by atoms with Crippen molar-refractivity contribution in [2.24, 2.45) is 0 Å². The number of amides is 2. The molecule has 1 aromatic heterocycles. The number of H-pyrrole nitrogens is 1. The molecular formula is C22H20N4O2. The molecule has 4 rings (SSSR count). The van der Waals surface area contributed by atoms with Crippen LogP contribution in [0.5, 0.6) is 0 Å². The van der Waals surface area contributed by atoms with Gasteiger partial charge >= 0.3 is 0 Å². The van der Waals surface area contributed by atoms with Crippen LogP contribution in [0.3, 0.4) is 0 Å². The van der Waals surface area contributed by atoms with Gasteiger partial charge in [-0.15, -0.1) is 0 Å². The summed E-state index contributed by atoms with van der Waals surface area (Å²) >= 11 is 0. The van der Waals surface area contributed by atoms with Crippen molar-refractivity contribution in [2.75, 3.05) is 5.32 Å². The Bertz CT molecular complexity index is 1040. The first-order valence-corrected chi connectivity index (χ1v) is 9.07. The van der Waals surface area contributed by atoms with Gasteiger partial charge in [0, 0.05) is 30.6 Å². The number of carbonyl (C=O) groups excluding carboxylic acids is 2. The Morgan fingerprint density at radius 3 is 2.79 bits per heavy atom. The second kappa shape index (κ2) is 7.52. The molecule has 1 aliphatic rings. The highest BCUT2D eigenvalue weighted by Crippen LogP contribution is 2.33. The lowest BCUT2D eigenvalue weighted by molar-refractivity contribution is -0.129. The summed E-state index contributed by atoms with van der Waals surface area (Å²) in [6.45, 7) is 1.51. The van der Waals surface area contributed by atoms with Crippen LogP contribution in [0.2, 0.25) is 0 Å². The molecule has 1 aliphatic heterocycles. The van der Waals surface area contributed by atoms with Crippen LogP contribution in [-0.4, -0.2) is 26.9 Å². The smallest absolute Gasteiger partial charge is 0.226 e. The maximum atomic E-state index is 12.8. The van der Waals surface area contributed by atoms with E-state index in [1.54, 1.807) is 17.3 Å². The molecule has 0 spiro atoms. The molecule has 28 heavy (non-hydrogen) atoms. The zero-order valence-corrected chi connectivity index (χ0v) is 15.4. The van der Waals surface area contributed by atoms with Gasteiger partial charge in [0.25, 0.3) is 0 Å². The van der Waals surface area contributed by atoms with Crippen molar-refractivity contribution < 1.29 is 9.59 Å². The van der Waals surface area contributed by atoms with E-state index in [-0.39, 0.29) is 24.3 Å². The van der Waals surface area contributed by atoms with Crippen LogP contribution in [0.25, 0.3) is 17.3 Å². The van der Waals surface area contributed by atoms with Crippen LogP contribution in [0.4, 0.5) is 5.69 Å². The first-order chi connectivity index (χ1) is 13.6. The predicted molar refractivity (Wildman–Crippen MR) is 108 cm³/mol. The van der Waals surface area contributed by atoms with Crippen molar-refractivity contribution in [2.45, 2.75) is 19.4 Å². The molecule has 0 radical (unpaired) electrons. The first kappa shape index (κ1) is 17.7. The second-order valence-electron chi connectivity index (χ2n) is 6.69. The van der Waals surface area contributed by atoms with Crippen molar-refractivity contribution in [1.29, 1.82) is 0 Å². The molecule has 0 aliphatic carbocycles. The molecule has 0 fully saturated rings. The summed E-state index contributed by atoms with van der Waals surface area (Å²) in [6.07, 6.45) is 5.51. The molecule has 0 saturated carbocycles. The molecule has 2 heterocycles. The van der Waals surface area contributed by atoms with Crippen molar-refractivity contribution in [3.05, 3.63) is 78.1 Å². The van der Waals surface area contributed by atoms with Crippen molar-refractivity contribution in [1.82, 2.24) is 15.1 Å². The van der Waals surface area contributed by atoms with Crippen LogP contribution in [0, 0.1) is 0 Å². The van der Waals surface area contributed by atoms with Gasteiger partial charge in [0.15, 0.2) is 0 Å². The average Bonchev–Trinajstić information content (AvgIpc) is 3.23. The van der Waals surface area contributed by atoms with E-state index in [0.717, 1.165) is 22.4 Å². The van der Waals surface area contributed by atoms with E-state index in [4.69, 9.17) is 0 Å². The number of fused-ring (bicyclic) bond motifs is 1. The maximum Gasteiger partial charge on any atom is 0.226 e. The van der Waals surface area contributed by atoms with Gasteiger partial charge in [-0.05, 0) is 35.4 Å². The fourth-order valence-electron chi connectivity index (χ4n) is 3.48. The first-order valence-electron chi connectivity index (χ1n) is 9.07. The van der Waals surface area contributed by atoms with Gasteiger partial charge in [0.05, 0.1) is 18.2 Å². The molecule has 3 aromatic rings. The normalized spacial score (nSPS) is 15.2. The van der Waals surface area contributed by atoms with Gasteiger partial charge in [0.2, 0.25) is 11.8 Å². The second-order valence-corrected chi connectivity index (χ2v) is 6.69. The Morgan fingerprint density at radius 1 is 1.14 bits per heavy atom. The fraction of sp³-hybridized carbons (Fsp3) is 0.136. The number of hydrogen-bond donors (Lipinski definition) is 2. The Hall–Kier alpha value is -3.67. The van der Waals surface area contributed by atoms with Crippen LogP contribution in [0.1, 0.15) is 30.5 Å². The van der Waals surface area contributed by atoms with E-state index in [1.165, 1.54) is 6.92 Å². The highest BCUT2D eigenvalue weighted by atomic mass is 16.2. The summed E-state index contributed by atoms with van der Waals surface area (Å²) < 4.78 is 0. The van der Waals surface area contributed by atoms with Gasteiger partial charge in [-0.1, -0.05) is 36.4 Å². The lowest BCUT2D eigenvalue weighted by Gasteiger charge is -2.32. The molecule has 6 nitrogen and oxygen atoms in total. The summed E-state index contributed by atoms with van der Waals surface area (Å²) in [5.41, 5.74) is 4.52. The topological polar surface area (TPSA) is 78.1 Å². The minimum atomic E-state index is -0.325. The zero-order chi connectivity index (χ0) is 19.5. The molecule has 2 aromatic carbocycles. The lowest BCUT2D eigenvalue weighted by atomic mass is 9.93. The van der Waals surface area contributed by atoms with E-state index >= 15 is 0 Å². The number of anilines is 1. The van der Waals surface area contributed by atoms with Crippen LogP contribution < -0.4 is 5.32 Å². The summed E-state index contributed by atoms with van der Waals surface area (Å²) in [5, 5.41) is 9.82. The summed E-state index contributed by atoms with van der Waals surface area (Å²) in [7, 11) is 0. The van der Waals surface area contributed by atoms with E-state index < -0.39 is 0 Å². The number of carbonyl (C=O) groups is 2. The van der Waals surface area contributed by atoms with Gasteiger partial charge in [0.1, 0.15) is 0 Å². The van der Waals surface area contributed by atoms with Crippen LogP contribution in [-0.2, 0) is 9.59 Å². The Kier molecular flexibility index (Phi) is 4.76. The molecule has 140 valence electrons. The minimum Gasteiger partial charge on any atom is -0.326 e. The number of aromatic nitrogens is 2. The molecule has 2 N–H and O–H groups in total. The third-order valence-corrected chi connectivity index (χ3v) is 4.81.